The van der Waals surface area contributed by atoms with E-state index < -0.39 is 0 Å². The Hall–Kier alpha value is -3.30. The summed E-state index contributed by atoms with van der Waals surface area (Å²) in [6.45, 7) is 0. The number of thiocarbonyl (C=S) groups is 1. The lowest BCUT2D eigenvalue weighted by Crippen LogP contribution is -1.77. The van der Waals surface area contributed by atoms with Gasteiger partial charge in [-0.2, -0.15) is 10.3 Å². The number of nitriles is 1. The number of hydrogen-bond donors (Lipinski definition) is 0. The van der Waals surface area contributed by atoms with Crippen LogP contribution < -0.4 is 0 Å². The van der Waals surface area contributed by atoms with E-state index in [1.807, 2.05) is 66.1 Å². The zero-order valence-corrected chi connectivity index (χ0v) is 15.6. The molecule has 27 heavy (non-hydrogen) atoms. The molecule has 0 aliphatic heterocycles. The van der Waals surface area contributed by atoms with Crippen LogP contribution in [-0.4, -0.2) is 17.6 Å². The summed E-state index contributed by atoms with van der Waals surface area (Å²) >= 11 is 5.69. The number of isothiocyanates is 1. The minimum atomic E-state index is 0.623. The highest BCUT2D eigenvalue weighted by molar-refractivity contribution is 8.03. The van der Waals surface area contributed by atoms with Crippen LogP contribution in [0.4, 0.5) is 17.1 Å². The fraction of sp³-hybridized carbons (Fsp3) is 0. The van der Waals surface area contributed by atoms with Crippen molar-refractivity contribution in [1.82, 2.24) is 0 Å². The summed E-state index contributed by atoms with van der Waals surface area (Å²) in [5.41, 5.74) is 2.29. The number of thiocyanates is 1. The Morgan fingerprint density at radius 1 is 0.815 bits per heavy atom. The van der Waals surface area contributed by atoms with E-state index in [1.165, 1.54) is 0 Å². The van der Waals surface area contributed by atoms with Crippen LogP contribution in [0.25, 0.3) is 0 Å². The van der Waals surface area contributed by atoms with Gasteiger partial charge in [0.2, 0.25) is 0 Å². The summed E-state index contributed by atoms with van der Waals surface area (Å²) < 4.78 is 5.66. The molecule has 2 aromatic carbocycles. The van der Waals surface area contributed by atoms with Crippen molar-refractivity contribution in [3.05, 3.63) is 72.2 Å². The topological polar surface area (TPSA) is 74.0 Å². The molecule has 5 nitrogen and oxygen atoms in total. The summed E-state index contributed by atoms with van der Waals surface area (Å²) in [5.74, 6) is 1.25. The molecule has 0 N–H and O–H groups in total. The van der Waals surface area contributed by atoms with E-state index in [1.54, 1.807) is 12.4 Å². The Bertz CT molecular complexity index is 1050. The van der Waals surface area contributed by atoms with Crippen molar-refractivity contribution in [3.63, 3.8) is 0 Å². The number of benzene rings is 2. The summed E-state index contributed by atoms with van der Waals surface area (Å²) in [7, 11) is 0. The Morgan fingerprint density at radius 2 is 1.33 bits per heavy atom. The number of aliphatic imine (C=N–C) groups is 3. The number of rotatable bonds is 6. The smallest absolute Gasteiger partial charge is 0.145 e. The van der Waals surface area contributed by atoms with Crippen LogP contribution in [0.2, 0.25) is 0 Å². The maximum absolute atomic E-state index is 8.64. The van der Waals surface area contributed by atoms with Crippen LogP contribution in [-0.2, 0) is 0 Å². The molecule has 0 aliphatic rings. The second-order valence-electron chi connectivity index (χ2n) is 5.16. The Morgan fingerprint density at radius 3 is 1.85 bits per heavy atom. The van der Waals surface area contributed by atoms with Crippen LogP contribution in [0.3, 0.4) is 0 Å². The first-order valence-electron chi connectivity index (χ1n) is 7.79. The molecule has 130 valence electrons. The van der Waals surface area contributed by atoms with Crippen molar-refractivity contribution >= 4 is 58.6 Å². The average Bonchev–Trinajstić information content (AvgIpc) is 3.15. The normalized spacial score (nSPS) is 10.8. The molecule has 0 bridgehead atoms. The average molecular weight is 388 g/mol. The minimum Gasteiger partial charge on any atom is -0.454 e. The third-order valence-electron chi connectivity index (χ3n) is 3.35. The monoisotopic (exact) mass is 388 g/mol. The van der Waals surface area contributed by atoms with E-state index >= 15 is 0 Å². The SMILES string of the molecule is N#CSc1ccc(N=Cc2ccc(C=Nc3ccc(N=C=S)cc3)o2)cc1. The molecule has 7 heteroatoms. The van der Waals surface area contributed by atoms with E-state index in [0.29, 0.717) is 11.5 Å². The van der Waals surface area contributed by atoms with Crippen molar-refractivity contribution in [2.45, 2.75) is 4.90 Å². The molecule has 1 aromatic heterocycles. The van der Waals surface area contributed by atoms with E-state index in [0.717, 1.165) is 33.7 Å². The van der Waals surface area contributed by atoms with Crippen LogP contribution in [0.1, 0.15) is 11.5 Å². The number of furan rings is 1. The van der Waals surface area contributed by atoms with Gasteiger partial charge < -0.3 is 4.42 Å². The molecule has 0 atom stereocenters. The summed E-state index contributed by atoms with van der Waals surface area (Å²) in [4.78, 5) is 13.5. The third kappa shape index (κ3) is 5.59. The zero-order valence-electron chi connectivity index (χ0n) is 13.9. The van der Waals surface area contributed by atoms with E-state index in [4.69, 9.17) is 9.68 Å². The van der Waals surface area contributed by atoms with Gasteiger partial charge in [0.05, 0.1) is 34.7 Å². The lowest BCUT2D eigenvalue weighted by molar-refractivity contribution is 0.553. The summed E-state index contributed by atoms with van der Waals surface area (Å²) in [6.07, 6.45) is 3.28. The van der Waals surface area contributed by atoms with Gasteiger partial charge in [-0.05, 0) is 84.6 Å². The standard InChI is InChI=1S/C20H12N4OS2/c21-13-27-20-9-5-16(6-10-20)23-12-19-8-7-18(25-19)11-22-15-1-3-17(4-2-15)24-14-26/h1-12H. The van der Waals surface area contributed by atoms with Crippen molar-refractivity contribution in [1.29, 1.82) is 5.26 Å². The van der Waals surface area contributed by atoms with Gasteiger partial charge in [0.1, 0.15) is 16.9 Å². The number of hydrogen-bond acceptors (Lipinski definition) is 7. The van der Waals surface area contributed by atoms with Crippen LogP contribution in [0.5, 0.6) is 0 Å². The van der Waals surface area contributed by atoms with Crippen molar-refractivity contribution in [2.24, 2.45) is 15.0 Å². The molecular weight excluding hydrogens is 376 g/mol. The van der Waals surface area contributed by atoms with E-state index in [9.17, 15) is 0 Å². The Balaban J connectivity index is 1.63. The van der Waals surface area contributed by atoms with Gasteiger partial charge in [0.15, 0.2) is 0 Å². The van der Waals surface area contributed by atoms with Gasteiger partial charge in [-0.15, -0.1) is 0 Å². The fourth-order valence-electron chi connectivity index (χ4n) is 2.10. The summed E-state index contributed by atoms with van der Waals surface area (Å²) in [5, 5.41) is 13.0. The lowest BCUT2D eigenvalue weighted by Gasteiger charge is -1.95. The second kappa shape index (κ2) is 9.41. The van der Waals surface area contributed by atoms with E-state index in [2.05, 4.69) is 32.4 Å². The molecular formula is C20H12N4OS2. The lowest BCUT2D eigenvalue weighted by atomic mass is 10.3. The van der Waals surface area contributed by atoms with Gasteiger partial charge >= 0.3 is 0 Å². The molecule has 0 fully saturated rings. The summed E-state index contributed by atoms with van der Waals surface area (Å²) in [6, 6.07) is 18.3. The molecule has 0 aliphatic carbocycles. The van der Waals surface area contributed by atoms with Gasteiger partial charge in [0.25, 0.3) is 0 Å². The van der Waals surface area contributed by atoms with Gasteiger partial charge in [-0.3, -0.25) is 9.98 Å². The third-order valence-corrected chi connectivity index (χ3v) is 4.04. The Kier molecular flexibility index (Phi) is 6.45. The second-order valence-corrected chi connectivity index (χ2v) is 6.20. The van der Waals surface area contributed by atoms with Gasteiger partial charge in [0, 0.05) is 4.90 Å². The highest BCUT2D eigenvalue weighted by Gasteiger charge is 1.98. The molecule has 3 aromatic rings. The first-order chi connectivity index (χ1) is 13.3. The van der Waals surface area contributed by atoms with Crippen LogP contribution in [0.15, 0.2) is 85.0 Å². The molecule has 1 heterocycles. The predicted octanol–water partition coefficient (Wildman–Crippen LogP) is 6.09. The van der Waals surface area contributed by atoms with Gasteiger partial charge in [-0.25, -0.2) is 0 Å². The van der Waals surface area contributed by atoms with Crippen molar-refractivity contribution < 1.29 is 4.42 Å². The molecule has 0 amide bonds. The largest absolute Gasteiger partial charge is 0.454 e. The van der Waals surface area contributed by atoms with Gasteiger partial charge in [-0.1, -0.05) is 0 Å². The fourth-order valence-corrected chi connectivity index (χ4v) is 2.59. The molecule has 0 spiro atoms. The van der Waals surface area contributed by atoms with Crippen LogP contribution >= 0.6 is 24.0 Å². The highest BCUT2D eigenvalue weighted by Crippen LogP contribution is 2.21. The quantitative estimate of drug-likeness (QED) is 0.222. The van der Waals surface area contributed by atoms with Crippen molar-refractivity contribution in [2.75, 3.05) is 0 Å². The molecule has 0 unspecified atom stereocenters. The molecule has 3 rings (SSSR count). The maximum Gasteiger partial charge on any atom is 0.145 e. The Labute approximate surface area is 165 Å². The number of thioether (sulfide) groups is 1. The molecule has 0 radical (unpaired) electrons. The van der Waals surface area contributed by atoms with Crippen molar-refractivity contribution in [3.8, 4) is 5.40 Å². The van der Waals surface area contributed by atoms with Crippen LogP contribution in [0, 0.1) is 10.7 Å². The number of nitrogens with zero attached hydrogens (tertiary/aromatic N) is 4. The molecule has 0 saturated heterocycles. The predicted molar refractivity (Wildman–Crippen MR) is 112 cm³/mol. The first kappa shape index (κ1) is 18.5. The first-order valence-corrected chi connectivity index (χ1v) is 9.01. The minimum absolute atomic E-state index is 0.623. The van der Waals surface area contributed by atoms with E-state index in [-0.39, 0.29) is 0 Å². The molecule has 0 saturated carbocycles. The maximum atomic E-state index is 8.64. The highest BCUT2D eigenvalue weighted by atomic mass is 32.2. The zero-order chi connectivity index (χ0) is 18.9.